The molecule has 0 saturated carbocycles. The summed E-state index contributed by atoms with van der Waals surface area (Å²) in [5.41, 5.74) is 0. The van der Waals surface area contributed by atoms with Crippen molar-refractivity contribution in [3.63, 3.8) is 0 Å². The highest BCUT2D eigenvalue weighted by molar-refractivity contribution is 6.01. The molecular formula is C16H26N2O3. The quantitative estimate of drug-likeness (QED) is 0.368. The molecule has 0 aromatic rings. The summed E-state index contributed by atoms with van der Waals surface area (Å²) in [5, 5.41) is 4.93. The molecule has 0 radical (unpaired) electrons. The fourth-order valence-corrected chi connectivity index (χ4v) is 2.38. The summed E-state index contributed by atoms with van der Waals surface area (Å²) >= 11 is 0. The molecule has 118 valence electrons. The number of piperidine rings is 1. The molecule has 1 saturated heterocycles. The van der Waals surface area contributed by atoms with E-state index in [-0.39, 0.29) is 17.7 Å². The van der Waals surface area contributed by atoms with Gasteiger partial charge >= 0.3 is 0 Å². The molecule has 0 aromatic heterocycles. The van der Waals surface area contributed by atoms with Gasteiger partial charge in [0, 0.05) is 12.8 Å². The van der Waals surface area contributed by atoms with Crippen LogP contribution < -0.4 is 10.6 Å². The highest BCUT2D eigenvalue weighted by atomic mass is 16.2. The van der Waals surface area contributed by atoms with Gasteiger partial charge < -0.3 is 5.32 Å². The predicted octanol–water partition coefficient (Wildman–Crippen LogP) is 2.21. The maximum Gasteiger partial charge on any atom is 0.249 e. The lowest BCUT2D eigenvalue weighted by atomic mass is 10.1. The molecule has 5 heteroatoms. The second-order valence-corrected chi connectivity index (χ2v) is 5.52. The van der Waals surface area contributed by atoms with Crippen molar-refractivity contribution >= 4 is 17.7 Å². The standard InChI is InChI=1S/C16H26N2O3/c1-2-3-4-5-6-7-8-9-10-14(19)17-13-11-12-15(20)18-16(13)21/h2,13H,1,3-12H2,(H,17,19)(H,18,20,21). The van der Waals surface area contributed by atoms with Crippen LogP contribution in [0, 0.1) is 0 Å². The van der Waals surface area contributed by atoms with E-state index in [0.717, 1.165) is 25.7 Å². The predicted molar refractivity (Wildman–Crippen MR) is 81.4 cm³/mol. The second kappa shape index (κ2) is 10.1. The average Bonchev–Trinajstić information content (AvgIpc) is 2.45. The summed E-state index contributed by atoms with van der Waals surface area (Å²) in [7, 11) is 0. The molecule has 1 rings (SSSR count). The minimum atomic E-state index is -0.547. The Morgan fingerprint density at radius 3 is 2.52 bits per heavy atom. The third kappa shape index (κ3) is 7.63. The number of hydrogen-bond donors (Lipinski definition) is 2. The van der Waals surface area contributed by atoms with E-state index in [1.807, 2.05) is 6.08 Å². The molecular weight excluding hydrogens is 268 g/mol. The number of hydrogen-bond acceptors (Lipinski definition) is 3. The number of amides is 3. The molecule has 1 aliphatic heterocycles. The lowest BCUT2D eigenvalue weighted by Gasteiger charge is -2.21. The van der Waals surface area contributed by atoms with Crippen LogP contribution in [0.1, 0.15) is 64.2 Å². The summed E-state index contributed by atoms with van der Waals surface area (Å²) in [6, 6.07) is -0.547. The Balaban J connectivity index is 2.02. The molecule has 3 amide bonds. The van der Waals surface area contributed by atoms with Crippen molar-refractivity contribution in [3.05, 3.63) is 12.7 Å². The first-order valence-corrected chi connectivity index (χ1v) is 7.87. The van der Waals surface area contributed by atoms with E-state index in [1.165, 1.54) is 19.3 Å². The highest BCUT2D eigenvalue weighted by Gasteiger charge is 2.27. The Kier molecular flexibility index (Phi) is 8.40. The van der Waals surface area contributed by atoms with Crippen LogP contribution in [0.2, 0.25) is 0 Å². The minimum Gasteiger partial charge on any atom is -0.344 e. The molecule has 2 N–H and O–H groups in total. The van der Waals surface area contributed by atoms with Gasteiger partial charge in [-0.25, -0.2) is 0 Å². The van der Waals surface area contributed by atoms with Crippen LogP contribution in [-0.2, 0) is 14.4 Å². The Morgan fingerprint density at radius 2 is 1.86 bits per heavy atom. The average molecular weight is 294 g/mol. The van der Waals surface area contributed by atoms with Gasteiger partial charge in [-0.05, 0) is 25.7 Å². The fourth-order valence-electron chi connectivity index (χ4n) is 2.38. The first kappa shape index (κ1) is 17.4. The number of carbonyl (C=O) groups excluding carboxylic acids is 3. The third-order valence-corrected chi connectivity index (χ3v) is 3.64. The van der Waals surface area contributed by atoms with Crippen LogP contribution >= 0.6 is 0 Å². The van der Waals surface area contributed by atoms with Crippen LogP contribution in [0.5, 0.6) is 0 Å². The summed E-state index contributed by atoms with van der Waals surface area (Å²) in [4.78, 5) is 34.2. The monoisotopic (exact) mass is 294 g/mol. The highest BCUT2D eigenvalue weighted by Crippen LogP contribution is 2.09. The fraction of sp³-hybridized carbons (Fsp3) is 0.688. The van der Waals surface area contributed by atoms with Gasteiger partial charge in [-0.3, -0.25) is 19.7 Å². The smallest absolute Gasteiger partial charge is 0.249 e. The van der Waals surface area contributed by atoms with E-state index < -0.39 is 6.04 Å². The molecule has 0 bridgehead atoms. The van der Waals surface area contributed by atoms with Gasteiger partial charge in [0.2, 0.25) is 17.7 Å². The first-order valence-electron chi connectivity index (χ1n) is 7.87. The summed E-state index contributed by atoms with van der Waals surface area (Å²) in [6.45, 7) is 3.69. The number of unbranched alkanes of at least 4 members (excludes halogenated alkanes) is 6. The van der Waals surface area contributed by atoms with E-state index in [1.54, 1.807) is 0 Å². The molecule has 1 atom stereocenters. The molecule has 1 heterocycles. The molecule has 1 fully saturated rings. The van der Waals surface area contributed by atoms with E-state index in [4.69, 9.17) is 0 Å². The largest absolute Gasteiger partial charge is 0.344 e. The number of allylic oxidation sites excluding steroid dienone is 1. The van der Waals surface area contributed by atoms with Gasteiger partial charge in [0.05, 0.1) is 0 Å². The molecule has 1 unspecified atom stereocenters. The van der Waals surface area contributed by atoms with E-state index in [2.05, 4.69) is 17.2 Å². The van der Waals surface area contributed by atoms with Gasteiger partial charge in [-0.1, -0.05) is 31.8 Å². The zero-order valence-electron chi connectivity index (χ0n) is 12.7. The van der Waals surface area contributed by atoms with Crippen LogP contribution in [0.4, 0.5) is 0 Å². The molecule has 0 aromatic carbocycles. The second-order valence-electron chi connectivity index (χ2n) is 5.52. The maximum absolute atomic E-state index is 11.7. The van der Waals surface area contributed by atoms with E-state index in [9.17, 15) is 14.4 Å². The van der Waals surface area contributed by atoms with Gasteiger partial charge in [0.15, 0.2) is 0 Å². The van der Waals surface area contributed by atoms with E-state index >= 15 is 0 Å². The summed E-state index contributed by atoms with van der Waals surface area (Å²) in [5.74, 6) is -0.750. The van der Waals surface area contributed by atoms with Crippen LogP contribution in [0.15, 0.2) is 12.7 Å². The minimum absolute atomic E-state index is 0.101. The van der Waals surface area contributed by atoms with Crippen molar-refractivity contribution in [3.8, 4) is 0 Å². The van der Waals surface area contributed by atoms with Crippen LogP contribution in [-0.4, -0.2) is 23.8 Å². The van der Waals surface area contributed by atoms with Crippen molar-refractivity contribution < 1.29 is 14.4 Å². The number of nitrogens with one attached hydrogen (secondary N) is 2. The van der Waals surface area contributed by atoms with Crippen molar-refractivity contribution in [1.82, 2.24) is 10.6 Å². The van der Waals surface area contributed by atoms with Gasteiger partial charge in [-0.2, -0.15) is 0 Å². The zero-order chi connectivity index (χ0) is 15.5. The number of rotatable bonds is 10. The molecule has 5 nitrogen and oxygen atoms in total. The SMILES string of the molecule is C=CCCCCCCCCC(=O)NC1CCC(=O)NC1=O. The first-order chi connectivity index (χ1) is 10.1. The lowest BCUT2D eigenvalue weighted by molar-refractivity contribution is -0.137. The van der Waals surface area contributed by atoms with Crippen molar-refractivity contribution in [2.45, 2.75) is 70.3 Å². The van der Waals surface area contributed by atoms with Crippen molar-refractivity contribution in [2.75, 3.05) is 0 Å². The van der Waals surface area contributed by atoms with Gasteiger partial charge in [-0.15, -0.1) is 6.58 Å². The zero-order valence-corrected chi connectivity index (χ0v) is 12.7. The Morgan fingerprint density at radius 1 is 1.19 bits per heavy atom. The lowest BCUT2D eigenvalue weighted by Crippen LogP contribution is -2.52. The van der Waals surface area contributed by atoms with Crippen LogP contribution in [0.3, 0.4) is 0 Å². The van der Waals surface area contributed by atoms with Gasteiger partial charge in [0.25, 0.3) is 0 Å². The molecule has 21 heavy (non-hydrogen) atoms. The molecule has 0 aliphatic carbocycles. The third-order valence-electron chi connectivity index (χ3n) is 3.64. The number of imide groups is 1. The summed E-state index contributed by atoms with van der Waals surface area (Å²) < 4.78 is 0. The topological polar surface area (TPSA) is 75.3 Å². The Hall–Kier alpha value is -1.65. The number of carbonyl (C=O) groups is 3. The van der Waals surface area contributed by atoms with Crippen molar-refractivity contribution in [2.24, 2.45) is 0 Å². The maximum atomic E-state index is 11.7. The van der Waals surface area contributed by atoms with Crippen molar-refractivity contribution in [1.29, 1.82) is 0 Å². The van der Waals surface area contributed by atoms with Crippen LogP contribution in [0.25, 0.3) is 0 Å². The summed E-state index contributed by atoms with van der Waals surface area (Å²) in [6.07, 6.45) is 10.8. The normalized spacial score (nSPS) is 18.2. The Bertz CT molecular complexity index is 380. The molecule has 0 spiro atoms. The molecule has 1 aliphatic rings. The van der Waals surface area contributed by atoms with Gasteiger partial charge in [0.1, 0.15) is 6.04 Å². The van der Waals surface area contributed by atoms with E-state index in [0.29, 0.717) is 19.3 Å². The Labute approximate surface area is 126 Å².